The molecular formula is C12H17ClN2O3. The lowest BCUT2D eigenvalue weighted by Crippen LogP contribution is -2.35. The van der Waals surface area contributed by atoms with Crippen molar-refractivity contribution in [2.24, 2.45) is 0 Å². The first-order chi connectivity index (χ1) is 8.19. The molecule has 5 nitrogen and oxygen atoms in total. The second-order valence-electron chi connectivity index (χ2n) is 4.07. The molecule has 0 radical (unpaired) electrons. The first-order valence-corrected chi connectivity index (χ1v) is 5.55. The molecule has 100 valence electrons. The molecule has 1 amide bonds. The average molecular weight is 273 g/mol. The zero-order valence-corrected chi connectivity index (χ0v) is 10.9. The molecule has 3 N–H and O–H groups in total. The Bertz CT molecular complexity index is 414. The van der Waals surface area contributed by atoms with Gasteiger partial charge >= 0.3 is 0 Å². The standard InChI is InChI=1S/C12H16N2O3.ClH/c1-17-10-4-2-3-8(5-10)14-12(16)11-6-9(15)7-13-11;/h2-5,9,11,13,15H,6-7H2,1H3,(H,14,16);1H. The Morgan fingerprint density at radius 3 is 2.94 bits per heavy atom. The third-order valence-corrected chi connectivity index (χ3v) is 2.76. The fourth-order valence-electron chi connectivity index (χ4n) is 1.85. The van der Waals surface area contributed by atoms with Crippen LogP contribution in [0.1, 0.15) is 6.42 Å². The molecule has 1 aliphatic heterocycles. The minimum atomic E-state index is -0.434. The Hall–Kier alpha value is -1.30. The number of aliphatic hydroxyl groups excluding tert-OH is 1. The molecule has 1 fully saturated rings. The highest BCUT2D eigenvalue weighted by molar-refractivity contribution is 5.95. The molecule has 2 unspecified atom stereocenters. The molecule has 1 aliphatic rings. The number of hydrogen-bond donors (Lipinski definition) is 3. The molecule has 0 aliphatic carbocycles. The summed E-state index contributed by atoms with van der Waals surface area (Å²) in [5.41, 5.74) is 0.692. The molecule has 0 aromatic heterocycles. The number of amides is 1. The quantitative estimate of drug-likeness (QED) is 0.760. The van der Waals surface area contributed by atoms with Gasteiger partial charge in [0, 0.05) is 18.3 Å². The van der Waals surface area contributed by atoms with Crippen LogP contribution in [0.2, 0.25) is 0 Å². The second-order valence-corrected chi connectivity index (χ2v) is 4.07. The first kappa shape index (κ1) is 14.8. The van der Waals surface area contributed by atoms with Gasteiger partial charge in [0.25, 0.3) is 0 Å². The average Bonchev–Trinajstić information content (AvgIpc) is 2.76. The van der Waals surface area contributed by atoms with E-state index in [1.807, 2.05) is 12.1 Å². The monoisotopic (exact) mass is 272 g/mol. The maximum Gasteiger partial charge on any atom is 0.241 e. The Balaban J connectivity index is 0.00000162. The fourth-order valence-corrected chi connectivity index (χ4v) is 1.85. The van der Waals surface area contributed by atoms with Gasteiger partial charge in [0.15, 0.2) is 0 Å². The molecule has 1 saturated heterocycles. The summed E-state index contributed by atoms with van der Waals surface area (Å²) < 4.78 is 5.07. The van der Waals surface area contributed by atoms with Gasteiger partial charge in [-0.3, -0.25) is 4.79 Å². The molecule has 2 atom stereocenters. The molecular weight excluding hydrogens is 256 g/mol. The SMILES string of the molecule is COc1cccc(NC(=O)C2CC(O)CN2)c1.Cl. The number of nitrogens with one attached hydrogen (secondary N) is 2. The van der Waals surface area contributed by atoms with Crippen molar-refractivity contribution < 1.29 is 14.6 Å². The molecule has 2 rings (SSSR count). The third-order valence-electron chi connectivity index (χ3n) is 2.76. The number of methoxy groups -OCH3 is 1. The summed E-state index contributed by atoms with van der Waals surface area (Å²) in [6, 6.07) is 6.85. The number of ether oxygens (including phenoxy) is 1. The van der Waals surface area contributed by atoms with Gasteiger partial charge in [0.1, 0.15) is 5.75 Å². The van der Waals surface area contributed by atoms with Gasteiger partial charge in [0.05, 0.1) is 19.3 Å². The zero-order valence-electron chi connectivity index (χ0n) is 10.1. The summed E-state index contributed by atoms with van der Waals surface area (Å²) in [4.78, 5) is 11.8. The van der Waals surface area contributed by atoms with Crippen LogP contribution in [0.25, 0.3) is 0 Å². The summed E-state index contributed by atoms with van der Waals surface area (Å²) in [6.45, 7) is 0.468. The predicted molar refractivity (Wildman–Crippen MR) is 71.3 cm³/mol. The predicted octanol–water partition coefficient (Wildman–Crippen LogP) is 0.778. The zero-order chi connectivity index (χ0) is 12.3. The summed E-state index contributed by atoms with van der Waals surface area (Å²) in [6.07, 6.45) is 0.0200. The van der Waals surface area contributed by atoms with Crippen LogP contribution in [0, 0.1) is 0 Å². The first-order valence-electron chi connectivity index (χ1n) is 5.55. The van der Waals surface area contributed by atoms with Crippen molar-refractivity contribution in [3.8, 4) is 5.75 Å². The van der Waals surface area contributed by atoms with Gasteiger partial charge in [-0.05, 0) is 18.6 Å². The van der Waals surface area contributed by atoms with Crippen LogP contribution in [0.4, 0.5) is 5.69 Å². The summed E-state index contributed by atoms with van der Waals surface area (Å²) >= 11 is 0. The molecule has 6 heteroatoms. The van der Waals surface area contributed by atoms with Crippen LogP contribution < -0.4 is 15.4 Å². The van der Waals surface area contributed by atoms with Crippen LogP contribution >= 0.6 is 12.4 Å². The molecule has 1 aromatic rings. The summed E-state index contributed by atoms with van der Waals surface area (Å²) in [5, 5.41) is 15.1. The van der Waals surface area contributed by atoms with Crippen LogP contribution in [0.3, 0.4) is 0 Å². The van der Waals surface area contributed by atoms with Gasteiger partial charge in [-0.25, -0.2) is 0 Å². The van der Waals surface area contributed by atoms with E-state index < -0.39 is 6.10 Å². The van der Waals surface area contributed by atoms with E-state index in [9.17, 15) is 9.90 Å². The highest BCUT2D eigenvalue weighted by Gasteiger charge is 2.27. The van der Waals surface area contributed by atoms with E-state index in [0.29, 0.717) is 24.4 Å². The maximum atomic E-state index is 11.8. The van der Waals surface area contributed by atoms with E-state index in [1.165, 1.54) is 0 Å². The number of β-amino-alcohol motifs (C(OH)–C–C–N with tert-alkyl or cyclic N) is 1. The van der Waals surface area contributed by atoms with Crippen LogP contribution in [-0.4, -0.2) is 36.8 Å². The van der Waals surface area contributed by atoms with Crippen molar-refractivity contribution in [1.82, 2.24) is 5.32 Å². The second kappa shape index (κ2) is 6.58. The number of carbonyl (C=O) groups excluding carboxylic acids is 1. The van der Waals surface area contributed by atoms with Crippen LogP contribution in [-0.2, 0) is 4.79 Å². The fraction of sp³-hybridized carbons (Fsp3) is 0.417. The number of halogens is 1. The Morgan fingerprint density at radius 1 is 1.56 bits per heavy atom. The summed E-state index contributed by atoms with van der Waals surface area (Å²) in [7, 11) is 1.58. The molecule has 1 heterocycles. The van der Waals surface area contributed by atoms with Gasteiger partial charge in [-0.15, -0.1) is 12.4 Å². The van der Waals surface area contributed by atoms with Gasteiger partial charge in [0.2, 0.25) is 5.91 Å². The van der Waals surface area contributed by atoms with Crippen molar-refractivity contribution in [3.05, 3.63) is 24.3 Å². The minimum absolute atomic E-state index is 0. The molecule has 0 bridgehead atoms. The van der Waals surface area contributed by atoms with Crippen molar-refractivity contribution in [2.75, 3.05) is 19.0 Å². The normalized spacial score (nSPS) is 22.1. The van der Waals surface area contributed by atoms with Gasteiger partial charge < -0.3 is 20.5 Å². The number of anilines is 1. The molecule has 0 saturated carbocycles. The number of aliphatic hydroxyl groups is 1. The van der Waals surface area contributed by atoms with E-state index in [1.54, 1.807) is 19.2 Å². The van der Waals surface area contributed by atoms with E-state index in [4.69, 9.17) is 4.74 Å². The van der Waals surface area contributed by atoms with Crippen LogP contribution in [0.15, 0.2) is 24.3 Å². The minimum Gasteiger partial charge on any atom is -0.497 e. The van der Waals surface area contributed by atoms with Gasteiger partial charge in [-0.1, -0.05) is 6.07 Å². The Morgan fingerprint density at radius 2 is 2.33 bits per heavy atom. The van der Waals surface area contributed by atoms with E-state index in [2.05, 4.69) is 10.6 Å². The van der Waals surface area contributed by atoms with Crippen molar-refractivity contribution >= 4 is 24.0 Å². The van der Waals surface area contributed by atoms with Crippen molar-refractivity contribution in [1.29, 1.82) is 0 Å². The van der Waals surface area contributed by atoms with Gasteiger partial charge in [-0.2, -0.15) is 0 Å². The smallest absolute Gasteiger partial charge is 0.241 e. The van der Waals surface area contributed by atoms with E-state index >= 15 is 0 Å². The number of hydrogen-bond acceptors (Lipinski definition) is 4. The van der Waals surface area contributed by atoms with Crippen molar-refractivity contribution in [2.45, 2.75) is 18.6 Å². The number of benzene rings is 1. The Kier molecular flexibility index (Phi) is 5.40. The lowest BCUT2D eigenvalue weighted by atomic mass is 10.2. The third kappa shape index (κ3) is 3.60. The maximum absolute atomic E-state index is 11.8. The molecule has 18 heavy (non-hydrogen) atoms. The summed E-state index contributed by atoms with van der Waals surface area (Å²) in [5.74, 6) is 0.567. The largest absolute Gasteiger partial charge is 0.497 e. The Labute approximate surface area is 112 Å². The number of rotatable bonds is 3. The van der Waals surface area contributed by atoms with Crippen LogP contribution in [0.5, 0.6) is 5.75 Å². The highest BCUT2D eigenvalue weighted by Crippen LogP contribution is 2.17. The topological polar surface area (TPSA) is 70.6 Å². The van der Waals surface area contributed by atoms with Crippen molar-refractivity contribution in [3.63, 3.8) is 0 Å². The lowest BCUT2D eigenvalue weighted by Gasteiger charge is -2.11. The molecule has 0 spiro atoms. The molecule has 1 aromatic carbocycles. The van der Waals surface area contributed by atoms with E-state index in [-0.39, 0.29) is 24.4 Å². The lowest BCUT2D eigenvalue weighted by molar-refractivity contribution is -0.117. The number of carbonyl (C=O) groups is 1. The highest BCUT2D eigenvalue weighted by atomic mass is 35.5. The van der Waals surface area contributed by atoms with E-state index in [0.717, 1.165) is 0 Å².